The van der Waals surface area contributed by atoms with E-state index in [9.17, 15) is 24.2 Å². The van der Waals surface area contributed by atoms with Gasteiger partial charge in [0.2, 0.25) is 0 Å². The van der Waals surface area contributed by atoms with Crippen LogP contribution in [-0.4, -0.2) is 71.1 Å². The van der Waals surface area contributed by atoms with Gasteiger partial charge in [0, 0.05) is 26.2 Å². The number of nitrogens with zero attached hydrogens (tertiary/aromatic N) is 2. The van der Waals surface area contributed by atoms with Crippen molar-refractivity contribution in [3.05, 3.63) is 70.0 Å². The number of halogens is 1. The van der Waals surface area contributed by atoms with Gasteiger partial charge in [-0.2, -0.15) is 0 Å². The Hall–Kier alpha value is -3.23. The van der Waals surface area contributed by atoms with Gasteiger partial charge < -0.3 is 19.8 Å². The molecule has 2 heterocycles. The van der Waals surface area contributed by atoms with Crippen LogP contribution < -0.4 is 0 Å². The van der Waals surface area contributed by atoms with Crippen LogP contribution in [0, 0.1) is 19.7 Å². The molecule has 174 valence electrons. The molecule has 0 spiro atoms. The van der Waals surface area contributed by atoms with Crippen molar-refractivity contribution in [3.8, 4) is 5.75 Å². The molecule has 33 heavy (non-hydrogen) atoms. The van der Waals surface area contributed by atoms with Gasteiger partial charge in [-0.15, -0.1) is 0 Å². The average molecular weight is 454 g/mol. The van der Waals surface area contributed by atoms with E-state index in [1.165, 1.54) is 29.2 Å². The Morgan fingerprint density at radius 2 is 1.79 bits per heavy atom. The van der Waals surface area contributed by atoms with Gasteiger partial charge in [-0.1, -0.05) is 12.1 Å². The molecular formula is C25H27FN2O5. The smallest absolute Gasteiger partial charge is 0.295 e. The van der Waals surface area contributed by atoms with Crippen LogP contribution in [0.4, 0.5) is 4.39 Å². The van der Waals surface area contributed by atoms with E-state index >= 15 is 0 Å². The van der Waals surface area contributed by atoms with Crippen molar-refractivity contribution in [1.29, 1.82) is 0 Å². The van der Waals surface area contributed by atoms with Crippen LogP contribution >= 0.6 is 0 Å². The number of hydrogen-bond acceptors (Lipinski definition) is 6. The van der Waals surface area contributed by atoms with Crippen LogP contribution in [0.1, 0.15) is 28.3 Å². The molecule has 8 heteroatoms. The monoisotopic (exact) mass is 454 g/mol. The number of aryl methyl sites for hydroxylation is 2. The summed E-state index contributed by atoms with van der Waals surface area (Å²) in [5.41, 5.74) is 1.90. The Labute approximate surface area is 191 Å². The fourth-order valence-corrected chi connectivity index (χ4v) is 4.34. The Morgan fingerprint density at radius 3 is 2.48 bits per heavy atom. The maximum Gasteiger partial charge on any atom is 0.295 e. The summed E-state index contributed by atoms with van der Waals surface area (Å²) in [4.78, 5) is 29.6. The maximum absolute atomic E-state index is 14.1. The van der Waals surface area contributed by atoms with Crippen LogP contribution in [0.25, 0.3) is 5.76 Å². The van der Waals surface area contributed by atoms with E-state index in [1.54, 1.807) is 12.1 Å². The number of carbonyl (C=O) groups is 2. The average Bonchev–Trinajstić information content (AvgIpc) is 3.05. The zero-order chi connectivity index (χ0) is 23.7. The minimum absolute atomic E-state index is 0.0608. The van der Waals surface area contributed by atoms with Crippen molar-refractivity contribution in [1.82, 2.24) is 9.80 Å². The molecule has 4 rings (SSSR count). The lowest BCUT2D eigenvalue weighted by atomic mass is 9.93. The first kappa shape index (κ1) is 22.9. The summed E-state index contributed by atoms with van der Waals surface area (Å²) in [6.07, 6.45) is 0. The highest BCUT2D eigenvalue weighted by Gasteiger charge is 2.46. The molecule has 2 aliphatic heterocycles. The molecule has 2 saturated heterocycles. The molecular weight excluding hydrogens is 427 g/mol. The first-order chi connectivity index (χ1) is 15.8. The Kier molecular flexibility index (Phi) is 6.49. The number of carbonyl (C=O) groups excluding carboxylic acids is 2. The standard InChI is InChI=1S/C25H27FN2O5/c1-15-12-19(20(29)13-16(15)2)23(30)21-22(17-4-3-5-18(26)14-17)28(25(32)24(21)31)7-6-27-8-10-33-11-9-27/h3-5,12-14,22,29-30H,6-11H2,1-2H3. The highest BCUT2D eigenvalue weighted by atomic mass is 19.1. The van der Waals surface area contributed by atoms with Gasteiger partial charge >= 0.3 is 0 Å². The Morgan fingerprint density at radius 1 is 1.09 bits per heavy atom. The van der Waals surface area contributed by atoms with E-state index in [4.69, 9.17) is 4.74 Å². The lowest BCUT2D eigenvalue weighted by molar-refractivity contribution is -0.140. The number of aromatic hydroxyl groups is 1. The van der Waals surface area contributed by atoms with Gasteiger partial charge in [0.1, 0.15) is 17.3 Å². The lowest BCUT2D eigenvalue weighted by Gasteiger charge is -2.31. The van der Waals surface area contributed by atoms with Gasteiger partial charge in [-0.05, 0) is 54.8 Å². The summed E-state index contributed by atoms with van der Waals surface area (Å²) in [6.45, 7) is 6.98. The number of hydrogen-bond donors (Lipinski definition) is 2. The molecule has 1 amide bonds. The topological polar surface area (TPSA) is 90.3 Å². The quantitative estimate of drug-likeness (QED) is 0.410. The van der Waals surface area contributed by atoms with Crippen LogP contribution in [0.3, 0.4) is 0 Å². The summed E-state index contributed by atoms with van der Waals surface area (Å²) in [7, 11) is 0. The highest BCUT2D eigenvalue weighted by molar-refractivity contribution is 6.46. The molecule has 0 bridgehead atoms. The summed E-state index contributed by atoms with van der Waals surface area (Å²) in [6, 6.07) is 7.75. The number of aliphatic hydroxyl groups is 1. The van der Waals surface area contributed by atoms with Crippen molar-refractivity contribution < 1.29 is 28.9 Å². The lowest BCUT2D eigenvalue weighted by Crippen LogP contribution is -2.42. The molecule has 2 fully saturated rings. The molecule has 1 unspecified atom stereocenters. The van der Waals surface area contributed by atoms with Gasteiger partial charge in [-0.3, -0.25) is 14.5 Å². The number of benzene rings is 2. The molecule has 0 aliphatic carbocycles. The molecule has 0 aromatic heterocycles. The summed E-state index contributed by atoms with van der Waals surface area (Å²) in [5, 5.41) is 21.6. The van der Waals surface area contributed by atoms with Crippen molar-refractivity contribution in [3.63, 3.8) is 0 Å². The van der Waals surface area contributed by atoms with E-state index in [1.807, 2.05) is 13.8 Å². The maximum atomic E-state index is 14.1. The largest absolute Gasteiger partial charge is 0.507 e. The van der Waals surface area contributed by atoms with Crippen molar-refractivity contribution in [2.24, 2.45) is 0 Å². The number of likely N-dealkylation sites (tertiary alicyclic amines) is 1. The van der Waals surface area contributed by atoms with Crippen LogP contribution in [0.2, 0.25) is 0 Å². The van der Waals surface area contributed by atoms with E-state index in [-0.39, 0.29) is 23.4 Å². The van der Waals surface area contributed by atoms with E-state index in [2.05, 4.69) is 4.90 Å². The molecule has 0 saturated carbocycles. The zero-order valence-corrected chi connectivity index (χ0v) is 18.7. The third-order valence-corrected chi connectivity index (χ3v) is 6.33. The number of Topliss-reactive ketones (excluding diaryl/α,β-unsaturated/α-hetero) is 1. The van der Waals surface area contributed by atoms with Gasteiger partial charge in [-0.25, -0.2) is 4.39 Å². The molecule has 0 radical (unpaired) electrons. The van der Waals surface area contributed by atoms with Gasteiger partial charge in [0.25, 0.3) is 11.7 Å². The third-order valence-electron chi connectivity index (χ3n) is 6.33. The second kappa shape index (κ2) is 9.33. The third kappa shape index (κ3) is 4.49. The SMILES string of the molecule is Cc1cc(O)c(C(O)=C2C(=O)C(=O)N(CCN3CCOCC3)C2c2cccc(F)c2)cc1C. The predicted octanol–water partition coefficient (Wildman–Crippen LogP) is 2.90. The predicted molar refractivity (Wildman–Crippen MR) is 120 cm³/mol. The molecule has 7 nitrogen and oxygen atoms in total. The second-order valence-corrected chi connectivity index (χ2v) is 8.46. The molecule has 2 N–H and O–H groups in total. The fraction of sp³-hybridized carbons (Fsp3) is 0.360. The minimum Gasteiger partial charge on any atom is -0.507 e. The van der Waals surface area contributed by atoms with Crippen LogP contribution in [0.5, 0.6) is 5.75 Å². The molecule has 2 aromatic rings. The first-order valence-corrected chi connectivity index (χ1v) is 10.9. The number of phenols is 1. The number of rotatable bonds is 5. The van der Waals surface area contributed by atoms with Crippen LogP contribution in [0.15, 0.2) is 42.0 Å². The van der Waals surface area contributed by atoms with E-state index in [0.717, 1.165) is 11.1 Å². The first-order valence-electron chi connectivity index (χ1n) is 10.9. The summed E-state index contributed by atoms with van der Waals surface area (Å²) in [5.74, 6) is -2.81. The zero-order valence-electron chi connectivity index (χ0n) is 18.7. The fourth-order valence-electron chi connectivity index (χ4n) is 4.34. The summed E-state index contributed by atoms with van der Waals surface area (Å²) >= 11 is 0. The second-order valence-electron chi connectivity index (χ2n) is 8.46. The number of amides is 1. The van der Waals surface area contributed by atoms with Crippen molar-refractivity contribution >= 4 is 17.4 Å². The summed E-state index contributed by atoms with van der Waals surface area (Å²) < 4.78 is 19.5. The number of aliphatic hydroxyl groups excluding tert-OH is 1. The Balaban J connectivity index is 1.79. The number of phenolic OH excluding ortho intramolecular Hbond substituents is 1. The van der Waals surface area contributed by atoms with Gasteiger partial charge in [0.05, 0.1) is 30.4 Å². The van der Waals surface area contributed by atoms with Gasteiger partial charge in [0.15, 0.2) is 0 Å². The number of ketones is 1. The molecule has 1 atom stereocenters. The Bertz CT molecular complexity index is 1120. The van der Waals surface area contributed by atoms with Crippen molar-refractivity contribution in [2.75, 3.05) is 39.4 Å². The van der Waals surface area contributed by atoms with Crippen LogP contribution in [-0.2, 0) is 14.3 Å². The highest BCUT2D eigenvalue weighted by Crippen LogP contribution is 2.41. The molecule has 2 aromatic carbocycles. The number of ether oxygens (including phenoxy) is 1. The van der Waals surface area contributed by atoms with E-state index < -0.39 is 29.3 Å². The normalized spacial score (nSPS) is 21.1. The van der Waals surface area contributed by atoms with Crippen molar-refractivity contribution in [2.45, 2.75) is 19.9 Å². The minimum atomic E-state index is -0.970. The van der Waals surface area contributed by atoms with E-state index in [0.29, 0.717) is 38.4 Å². The number of morpholine rings is 1. The molecule has 2 aliphatic rings.